The Bertz CT molecular complexity index is 765. The molecule has 1 aromatic heterocycles. The molecular weight excluding hydrogens is 302 g/mol. The van der Waals surface area contributed by atoms with Crippen LogP contribution in [0.4, 0.5) is 17.3 Å². The van der Waals surface area contributed by atoms with Crippen LogP contribution in [-0.2, 0) is 10.0 Å². The Morgan fingerprint density at radius 2 is 2.05 bits per heavy atom. The summed E-state index contributed by atoms with van der Waals surface area (Å²) in [5, 5.41) is 17.9. The summed E-state index contributed by atoms with van der Waals surface area (Å²) >= 11 is 0. The molecule has 0 aliphatic rings. The number of nitrogen functional groups attached to an aromatic ring is 1. The Morgan fingerprint density at radius 1 is 1.29 bits per heavy atom. The highest BCUT2D eigenvalue weighted by Crippen LogP contribution is 2.27. The van der Waals surface area contributed by atoms with Crippen molar-refractivity contribution in [3.63, 3.8) is 0 Å². The second-order valence-electron chi connectivity index (χ2n) is 3.66. The van der Waals surface area contributed by atoms with Gasteiger partial charge in [-0.05, 0) is 12.1 Å². The fourth-order valence-electron chi connectivity index (χ4n) is 1.45. The van der Waals surface area contributed by atoms with E-state index in [1.54, 1.807) is 0 Å². The van der Waals surface area contributed by atoms with Crippen molar-refractivity contribution in [1.82, 2.24) is 15.2 Å². The van der Waals surface area contributed by atoms with Crippen molar-refractivity contribution in [2.75, 3.05) is 10.1 Å². The van der Waals surface area contributed by atoms with Crippen molar-refractivity contribution in [1.29, 1.82) is 0 Å². The zero-order chi connectivity index (χ0) is 15.5. The SMILES string of the molecule is NNc1ccc(S(=O)(=O)Nc2nccnn2)c([N+](=O)[O-])c1. The van der Waals surface area contributed by atoms with Crippen molar-refractivity contribution in [3.8, 4) is 0 Å². The van der Waals surface area contributed by atoms with E-state index in [1.165, 1.54) is 18.5 Å². The standard InChI is InChI=1S/C9H9N7O4S/c10-13-6-1-2-8(7(5-6)16(17)18)21(19,20)15-9-11-3-4-12-14-9/h1-5,13H,10H2,(H,11,14,15). The molecule has 11 nitrogen and oxygen atoms in total. The van der Waals surface area contributed by atoms with Crippen LogP contribution in [0.5, 0.6) is 0 Å². The van der Waals surface area contributed by atoms with Crippen LogP contribution in [0.15, 0.2) is 35.5 Å². The van der Waals surface area contributed by atoms with Gasteiger partial charge in [0.05, 0.1) is 23.0 Å². The van der Waals surface area contributed by atoms with Crippen LogP contribution in [0, 0.1) is 10.1 Å². The molecule has 12 heteroatoms. The summed E-state index contributed by atoms with van der Waals surface area (Å²) in [6, 6.07) is 3.33. The van der Waals surface area contributed by atoms with E-state index in [0.717, 1.165) is 12.1 Å². The molecule has 0 radical (unpaired) electrons. The summed E-state index contributed by atoms with van der Waals surface area (Å²) in [6.07, 6.45) is 2.47. The maximum Gasteiger partial charge on any atom is 0.291 e. The predicted molar refractivity (Wildman–Crippen MR) is 71.5 cm³/mol. The van der Waals surface area contributed by atoms with E-state index in [0.29, 0.717) is 0 Å². The highest BCUT2D eigenvalue weighted by molar-refractivity contribution is 7.92. The number of hydrogen-bond donors (Lipinski definition) is 3. The smallest absolute Gasteiger partial charge is 0.291 e. The molecule has 0 aliphatic heterocycles. The van der Waals surface area contributed by atoms with Gasteiger partial charge in [-0.2, -0.15) is 5.10 Å². The maximum absolute atomic E-state index is 12.2. The van der Waals surface area contributed by atoms with Crippen LogP contribution in [-0.4, -0.2) is 28.5 Å². The van der Waals surface area contributed by atoms with Crippen molar-refractivity contribution >= 4 is 27.3 Å². The van der Waals surface area contributed by atoms with E-state index in [1.807, 2.05) is 4.72 Å². The lowest BCUT2D eigenvalue weighted by Crippen LogP contribution is -2.17. The first-order chi connectivity index (χ1) is 9.94. The zero-order valence-electron chi connectivity index (χ0n) is 10.3. The van der Waals surface area contributed by atoms with E-state index in [2.05, 4.69) is 20.6 Å². The first kappa shape index (κ1) is 14.5. The summed E-state index contributed by atoms with van der Waals surface area (Å²) < 4.78 is 26.3. The van der Waals surface area contributed by atoms with Gasteiger partial charge in [-0.15, -0.1) is 5.10 Å². The van der Waals surface area contributed by atoms with Crippen molar-refractivity contribution < 1.29 is 13.3 Å². The first-order valence-corrected chi connectivity index (χ1v) is 6.84. The van der Waals surface area contributed by atoms with Gasteiger partial charge in [0.1, 0.15) is 0 Å². The molecule has 0 bridgehead atoms. The summed E-state index contributed by atoms with van der Waals surface area (Å²) in [5.41, 5.74) is 1.75. The van der Waals surface area contributed by atoms with Crippen LogP contribution >= 0.6 is 0 Å². The lowest BCUT2D eigenvalue weighted by atomic mass is 10.3. The molecule has 1 heterocycles. The minimum atomic E-state index is -4.24. The molecule has 0 aliphatic carbocycles. The topological polar surface area (TPSA) is 166 Å². The number of anilines is 2. The number of nitrogens with one attached hydrogen (secondary N) is 2. The number of hydrogen-bond acceptors (Lipinski definition) is 9. The monoisotopic (exact) mass is 311 g/mol. The lowest BCUT2D eigenvalue weighted by molar-refractivity contribution is -0.387. The van der Waals surface area contributed by atoms with E-state index >= 15 is 0 Å². The molecular formula is C9H9N7O4S. The largest absolute Gasteiger partial charge is 0.324 e. The van der Waals surface area contributed by atoms with E-state index in [4.69, 9.17) is 5.84 Å². The predicted octanol–water partition coefficient (Wildman–Crippen LogP) is -0.134. The van der Waals surface area contributed by atoms with Crippen LogP contribution in [0.2, 0.25) is 0 Å². The molecule has 1 aromatic carbocycles. The normalized spacial score (nSPS) is 10.9. The number of nitrogens with zero attached hydrogens (tertiary/aromatic N) is 4. The lowest BCUT2D eigenvalue weighted by Gasteiger charge is -2.07. The van der Waals surface area contributed by atoms with Gasteiger partial charge in [0.25, 0.3) is 21.7 Å². The first-order valence-electron chi connectivity index (χ1n) is 5.35. The Hall–Kier alpha value is -2.86. The Morgan fingerprint density at radius 3 is 2.62 bits per heavy atom. The Labute approximate surface area is 118 Å². The Kier molecular flexibility index (Phi) is 3.91. The highest BCUT2D eigenvalue weighted by Gasteiger charge is 2.27. The molecule has 0 saturated heterocycles. The van der Waals surface area contributed by atoms with Gasteiger partial charge in [0, 0.05) is 6.07 Å². The average Bonchev–Trinajstić information content (AvgIpc) is 2.47. The van der Waals surface area contributed by atoms with Crippen LogP contribution in [0.1, 0.15) is 0 Å². The van der Waals surface area contributed by atoms with Gasteiger partial charge in [-0.3, -0.25) is 16.0 Å². The van der Waals surface area contributed by atoms with E-state index in [9.17, 15) is 18.5 Å². The quantitative estimate of drug-likeness (QED) is 0.387. The second kappa shape index (κ2) is 5.64. The number of nitro groups is 1. The second-order valence-corrected chi connectivity index (χ2v) is 5.31. The summed E-state index contributed by atoms with van der Waals surface area (Å²) in [7, 11) is -4.24. The number of sulfonamides is 1. The number of aromatic nitrogens is 3. The van der Waals surface area contributed by atoms with Gasteiger partial charge >= 0.3 is 0 Å². The third-order valence-electron chi connectivity index (χ3n) is 2.32. The third kappa shape index (κ3) is 3.18. The summed E-state index contributed by atoms with van der Waals surface area (Å²) in [5.74, 6) is 4.84. The average molecular weight is 311 g/mol. The fraction of sp³-hybridized carbons (Fsp3) is 0. The molecule has 21 heavy (non-hydrogen) atoms. The molecule has 110 valence electrons. The van der Waals surface area contributed by atoms with Gasteiger partial charge in [0.2, 0.25) is 0 Å². The molecule has 0 spiro atoms. The minimum Gasteiger partial charge on any atom is -0.324 e. The summed E-state index contributed by atoms with van der Waals surface area (Å²) in [6.45, 7) is 0. The van der Waals surface area contributed by atoms with Gasteiger partial charge in [-0.1, -0.05) is 0 Å². The molecule has 0 saturated carbocycles. The fourth-order valence-corrected chi connectivity index (χ4v) is 2.55. The maximum atomic E-state index is 12.2. The van der Waals surface area contributed by atoms with E-state index in [-0.39, 0.29) is 11.6 Å². The van der Waals surface area contributed by atoms with Crippen molar-refractivity contribution in [3.05, 3.63) is 40.7 Å². The number of nitro benzene ring substituents is 1. The highest BCUT2D eigenvalue weighted by atomic mass is 32.2. The number of hydrazine groups is 1. The summed E-state index contributed by atoms with van der Waals surface area (Å²) in [4.78, 5) is 13.2. The van der Waals surface area contributed by atoms with Gasteiger partial charge < -0.3 is 5.43 Å². The third-order valence-corrected chi connectivity index (χ3v) is 3.70. The van der Waals surface area contributed by atoms with Crippen molar-refractivity contribution in [2.45, 2.75) is 4.90 Å². The molecule has 0 amide bonds. The molecule has 2 rings (SSSR count). The van der Waals surface area contributed by atoms with Crippen LogP contribution < -0.4 is 16.0 Å². The molecule has 0 atom stereocenters. The van der Waals surface area contributed by atoms with Gasteiger partial charge in [-0.25, -0.2) is 18.1 Å². The zero-order valence-corrected chi connectivity index (χ0v) is 11.1. The van der Waals surface area contributed by atoms with Crippen LogP contribution in [0.25, 0.3) is 0 Å². The minimum absolute atomic E-state index is 0.193. The number of rotatable bonds is 5. The molecule has 0 unspecified atom stereocenters. The van der Waals surface area contributed by atoms with Crippen molar-refractivity contribution in [2.24, 2.45) is 5.84 Å². The molecule has 2 aromatic rings. The number of nitrogens with two attached hydrogens (primary N) is 1. The van der Waals surface area contributed by atoms with Gasteiger partial charge in [0.15, 0.2) is 4.90 Å². The number of benzene rings is 1. The Balaban J connectivity index is 2.47. The molecule has 4 N–H and O–H groups in total. The molecule has 0 fully saturated rings. The van der Waals surface area contributed by atoms with Crippen LogP contribution in [0.3, 0.4) is 0 Å². The van der Waals surface area contributed by atoms with E-state index < -0.39 is 25.5 Å².